The van der Waals surface area contributed by atoms with Gasteiger partial charge < -0.3 is 10.1 Å². The van der Waals surface area contributed by atoms with Crippen molar-refractivity contribution in [2.45, 2.75) is 26.3 Å². The first-order valence-corrected chi connectivity index (χ1v) is 9.34. The molecule has 4 nitrogen and oxygen atoms in total. The Bertz CT molecular complexity index is 717. The van der Waals surface area contributed by atoms with Crippen LogP contribution in [0.2, 0.25) is 5.02 Å². The van der Waals surface area contributed by atoms with Crippen molar-refractivity contribution < 1.29 is 9.53 Å². The summed E-state index contributed by atoms with van der Waals surface area (Å²) in [5, 5.41) is 3.68. The second-order valence-corrected chi connectivity index (χ2v) is 6.49. The Balaban J connectivity index is 2.09. The first kappa shape index (κ1) is 20.3. The van der Waals surface area contributed by atoms with E-state index in [0.717, 1.165) is 30.0 Å². The van der Waals surface area contributed by atoms with Gasteiger partial charge in [0.1, 0.15) is 5.75 Å². The van der Waals surface area contributed by atoms with Crippen molar-refractivity contribution >= 4 is 17.5 Å². The van der Waals surface area contributed by atoms with Gasteiger partial charge >= 0.3 is 0 Å². The largest absolute Gasteiger partial charge is 0.497 e. The van der Waals surface area contributed by atoms with Crippen LogP contribution in [0.4, 0.5) is 0 Å². The molecule has 0 aliphatic rings. The summed E-state index contributed by atoms with van der Waals surface area (Å²) in [4.78, 5) is 14.7. The summed E-state index contributed by atoms with van der Waals surface area (Å²) in [5.41, 5.74) is 1.97. The van der Waals surface area contributed by atoms with E-state index >= 15 is 0 Å². The molecule has 1 amide bonds. The Morgan fingerprint density at radius 3 is 2.54 bits per heavy atom. The van der Waals surface area contributed by atoms with Crippen molar-refractivity contribution in [2.24, 2.45) is 0 Å². The summed E-state index contributed by atoms with van der Waals surface area (Å²) < 4.78 is 5.35. The molecule has 0 aliphatic heterocycles. The molecule has 1 atom stereocenters. The standard InChI is InChI=1S/C21H27ClN2O2/c1-4-24(5-2)20(17-10-8-11-18(13-17)26-3)15-23-21(25)14-16-9-6-7-12-19(16)22/h6-13,20H,4-5,14-15H2,1-3H3,(H,23,25). The lowest BCUT2D eigenvalue weighted by Gasteiger charge is -2.30. The second-order valence-electron chi connectivity index (χ2n) is 6.09. The number of methoxy groups -OCH3 is 1. The van der Waals surface area contributed by atoms with Gasteiger partial charge in [0.15, 0.2) is 0 Å². The number of ether oxygens (including phenoxy) is 1. The Kier molecular flexibility index (Phi) is 7.95. The van der Waals surface area contributed by atoms with E-state index in [1.54, 1.807) is 13.2 Å². The summed E-state index contributed by atoms with van der Waals surface area (Å²) in [7, 11) is 1.66. The van der Waals surface area contributed by atoms with Crippen LogP contribution in [0, 0.1) is 0 Å². The van der Waals surface area contributed by atoms with E-state index in [4.69, 9.17) is 16.3 Å². The fourth-order valence-corrected chi connectivity index (χ4v) is 3.26. The number of likely N-dealkylation sites (N-methyl/N-ethyl adjacent to an activating group) is 1. The minimum absolute atomic E-state index is 0.0295. The van der Waals surface area contributed by atoms with Crippen molar-refractivity contribution in [3.63, 3.8) is 0 Å². The number of hydrogen-bond donors (Lipinski definition) is 1. The fraction of sp³-hybridized carbons (Fsp3) is 0.381. The van der Waals surface area contributed by atoms with Gasteiger partial charge in [0.2, 0.25) is 5.91 Å². The Morgan fingerprint density at radius 1 is 1.15 bits per heavy atom. The van der Waals surface area contributed by atoms with E-state index in [2.05, 4.69) is 30.1 Å². The first-order chi connectivity index (χ1) is 12.6. The zero-order valence-corrected chi connectivity index (χ0v) is 16.4. The SMILES string of the molecule is CCN(CC)C(CNC(=O)Cc1ccccc1Cl)c1cccc(OC)c1. The predicted molar refractivity (Wildman–Crippen MR) is 107 cm³/mol. The number of nitrogens with one attached hydrogen (secondary N) is 1. The molecule has 0 fully saturated rings. The fourth-order valence-electron chi connectivity index (χ4n) is 3.06. The molecule has 140 valence electrons. The minimum Gasteiger partial charge on any atom is -0.497 e. The van der Waals surface area contributed by atoms with Gasteiger partial charge in [-0.3, -0.25) is 9.69 Å². The molecule has 0 aromatic heterocycles. The second kappa shape index (κ2) is 10.2. The van der Waals surface area contributed by atoms with E-state index in [9.17, 15) is 4.79 Å². The normalized spacial score (nSPS) is 12.0. The van der Waals surface area contributed by atoms with Crippen LogP contribution >= 0.6 is 11.6 Å². The third-order valence-electron chi connectivity index (χ3n) is 4.53. The van der Waals surface area contributed by atoms with Crippen LogP contribution in [-0.4, -0.2) is 37.6 Å². The first-order valence-electron chi connectivity index (χ1n) is 8.97. The van der Waals surface area contributed by atoms with Crippen LogP contribution < -0.4 is 10.1 Å². The predicted octanol–water partition coefficient (Wildman–Crippen LogP) is 4.09. The summed E-state index contributed by atoms with van der Waals surface area (Å²) >= 11 is 6.15. The van der Waals surface area contributed by atoms with E-state index in [1.165, 1.54) is 0 Å². The Hall–Kier alpha value is -2.04. The number of hydrogen-bond acceptors (Lipinski definition) is 3. The lowest BCUT2D eigenvalue weighted by Crippen LogP contribution is -2.38. The quantitative estimate of drug-likeness (QED) is 0.718. The monoisotopic (exact) mass is 374 g/mol. The van der Waals surface area contributed by atoms with Crippen LogP contribution in [0.15, 0.2) is 48.5 Å². The highest BCUT2D eigenvalue weighted by atomic mass is 35.5. The third kappa shape index (κ3) is 5.48. The van der Waals surface area contributed by atoms with Gasteiger partial charge in [-0.15, -0.1) is 0 Å². The Labute approximate surface area is 161 Å². The molecule has 0 radical (unpaired) electrons. The van der Waals surface area contributed by atoms with Gasteiger partial charge in [0, 0.05) is 11.6 Å². The van der Waals surface area contributed by atoms with Crippen LogP contribution in [0.3, 0.4) is 0 Å². The lowest BCUT2D eigenvalue weighted by atomic mass is 10.0. The van der Waals surface area contributed by atoms with Gasteiger partial charge in [-0.1, -0.05) is 55.8 Å². The number of nitrogens with zero attached hydrogens (tertiary/aromatic N) is 1. The molecule has 1 unspecified atom stereocenters. The summed E-state index contributed by atoms with van der Waals surface area (Å²) in [6.45, 7) is 6.60. The van der Waals surface area contributed by atoms with E-state index in [0.29, 0.717) is 11.6 Å². The minimum atomic E-state index is -0.0295. The number of carbonyl (C=O) groups is 1. The van der Waals surface area contributed by atoms with E-state index in [1.807, 2.05) is 36.4 Å². The van der Waals surface area contributed by atoms with Gasteiger partial charge in [-0.05, 0) is 42.4 Å². The molecule has 1 N–H and O–H groups in total. The maximum absolute atomic E-state index is 12.4. The summed E-state index contributed by atoms with van der Waals surface area (Å²) in [6, 6.07) is 15.6. The van der Waals surface area contributed by atoms with Gasteiger partial charge in [-0.2, -0.15) is 0 Å². The highest BCUT2D eigenvalue weighted by molar-refractivity contribution is 6.31. The van der Waals surface area contributed by atoms with Crippen LogP contribution in [-0.2, 0) is 11.2 Å². The lowest BCUT2D eigenvalue weighted by molar-refractivity contribution is -0.120. The van der Waals surface area contributed by atoms with Gasteiger partial charge in [-0.25, -0.2) is 0 Å². The molecule has 0 heterocycles. The zero-order chi connectivity index (χ0) is 18.9. The third-order valence-corrected chi connectivity index (χ3v) is 4.90. The highest BCUT2D eigenvalue weighted by Crippen LogP contribution is 2.24. The van der Waals surface area contributed by atoms with Crippen LogP contribution in [0.5, 0.6) is 5.75 Å². The summed E-state index contributed by atoms with van der Waals surface area (Å²) in [6.07, 6.45) is 0.281. The van der Waals surface area contributed by atoms with Crippen LogP contribution in [0.25, 0.3) is 0 Å². The molecule has 26 heavy (non-hydrogen) atoms. The zero-order valence-electron chi connectivity index (χ0n) is 15.7. The molecule has 2 rings (SSSR count). The Morgan fingerprint density at radius 2 is 1.88 bits per heavy atom. The number of rotatable bonds is 9. The topological polar surface area (TPSA) is 41.6 Å². The number of halogens is 1. The number of benzene rings is 2. The molecule has 0 spiro atoms. The molecule has 0 saturated heterocycles. The van der Waals surface area contributed by atoms with Crippen molar-refractivity contribution in [2.75, 3.05) is 26.7 Å². The molecule has 0 bridgehead atoms. The smallest absolute Gasteiger partial charge is 0.224 e. The number of amides is 1. The van der Waals surface area contributed by atoms with Crippen molar-refractivity contribution in [1.82, 2.24) is 10.2 Å². The highest BCUT2D eigenvalue weighted by Gasteiger charge is 2.19. The molecule has 5 heteroatoms. The molecule has 2 aromatic rings. The van der Waals surface area contributed by atoms with Gasteiger partial charge in [0.25, 0.3) is 0 Å². The number of carbonyl (C=O) groups excluding carboxylic acids is 1. The maximum Gasteiger partial charge on any atom is 0.224 e. The molecule has 0 saturated carbocycles. The average Bonchev–Trinajstić information content (AvgIpc) is 2.67. The molecular formula is C21H27ClN2O2. The average molecular weight is 375 g/mol. The van der Waals surface area contributed by atoms with Crippen molar-refractivity contribution in [3.8, 4) is 5.75 Å². The maximum atomic E-state index is 12.4. The molecule has 2 aromatic carbocycles. The van der Waals surface area contributed by atoms with E-state index < -0.39 is 0 Å². The molecule has 0 aliphatic carbocycles. The van der Waals surface area contributed by atoms with Crippen molar-refractivity contribution in [1.29, 1.82) is 0 Å². The van der Waals surface area contributed by atoms with Crippen LogP contribution in [0.1, 0.15) is 31.0 Å². The van der Waals surface area contributed by atoms with E-state index in [-0.39, 0.29) is 18.4 Å². The molecular weight excluding hydrogens is 348 g/mol. The van der Waals surface area contributed by atoms with Gasteiger partial charge in [0.05, 0.1) is 19.6 Å². The summed E-state index contributed by atoms with van der Waals surface area (Å²) in [5.74, 6) is 0.792. The van der Waals surface area contributed by atoms with Crippen molar-refractivity contribution in [3.05, 3.63) is 64.7 Å².